The van der Waals surface area contributed by atoms with E-state index in [2.05, 4.69) is 5.32 Å². The molecule has 1 heterocycles. The van der Waals surface area contributed by atoms with E-state index < -0.39 is 23.2 Å². The second-order valence-electron chi connectivity index (χ2n) is 5.67. The van der Waals surface area contributed by atoms with Gasteiger partial charge in [0.15, 0.2) is 0 Å². The molecule has 2 aromatic rings. The summed E-state index contributed by atoms with van der Waals surface area (Å²) >= 11 is 0. The predicted octanol–water partition coefficient (Wildman–Crippen LogP) is 3.45. The molecule has 0 fully saturated rings. The molecule has 0 aromatic heterocycles. The molecule has 1 amide bonds. The molecule has 1 N–H and O–H groups in total. The first kappa shape index (κ1) is 17.1. The molecule has 132 valence electrons. The van der Waals surface area contributed by atoms with Crippen molar-refractivity contribution in [2.45, 2.75) is 18.7 Å². The maximum absolute atomic E-state index is 13.0. The van der Waals surface area contributed by atoms with E-state index in [0.717, 1.165) is 17.7 Å². The van der Waals surface area contributed by atoms with E-state index in [0.29, 0.717) is 17.9 Å². The first-order valence-corrected chi connectivity index (χ1v) is 7.66. The van der Waals surface area contributed by atoms with Gasteiger partial charge in [-0.25, -0.2) is 0 Å². The molecule has 7 heteroatoms. The van der Waals surface area contributed by atoms with Crippen molar-refractivity contribution < 1.29 is 27.4 Å². The summed E-state index contributed by atoms with van der Waals surface area (Å²) in [5.41, 5.74) is -0.408. The van der Waals surface area contributed by atoms with Crippen LogP contribution in [0.3, 0.4) is 0 Å². The lowest BCUT2D eigenvalue weighted by Gasteiger charge is -2.15. The fourth-order valence-electron chi connectivity index (χ4n) is 2.77. The van der Waals surface area contributed by atoms with Crippen molar-refractivity contribution in [3.8, 4) is 11.5 Å². The zero-order valence-corrected chi connectivity index (χ0v) is 13.4. The van der Waals surface area contributed by atoms with Gasteiger partial charge in [-0.1, -0.05) is 12.1 Å². The maximum atomic E-state index is 13.0. The Labute approximate surface area is 142 Å². The standard InChI is InChI=1S/C18H16F3NO3/c1-24-12-6-7-16-11(8-12)9-13(25-16)10-22-17(23)14-4-2-3-5-15(14)18(19,20)21/h2-8,13H,9-10H2,1H3,(H,22,23). The Kier molecular flexibility index (Phi) is 4.57. The monoisotopic (exact) mass is 351 g/mol. The van der Waals surface area contributed by atoms with Gasteiger partial charge in [0, 0.05) is 12.0 Å². The van der Waals surface area contributed by atoms with Gasteiger partial charge in [-0.15, -0.1) is 0 Å². The Morgan fingerprint density at radius 3 is 2.76 bits per heavy atom. The minimum Gasteiger partial charge on any atom is -0.497 e. The van der Waals surface area contributed by atoms with E-state index in [1.165, 1.54) is 12.1 Å². The summed E-state index contributed by atoms with van der Waals surface area (Å²) in [6.45, 7) is 0.113. The predicted molar refractivity (Wildman–Crippen MR) is 84.9 cm³/mol. The highest BCUT2D eigenvalue weighted by Gasteiger charge is 2.35. The summed E-state index contributed by atoms with van der Waals surface area (Å²) in [4.78, 5) is 12.2. The summed E-state index contributed by atoms with van der Waals surface area (Å²) in [5.74, 6) is 0.618. The van der Waals surface area contributed by atoms with Gasteiger partial charge in [-0.3, -0.25) is 4.79 Å². The van der Waals surface area contributed by atoms with E-state index in [1.807, 2.05) is 6.07 Å². The number of nitrogens with one attached hydrogen (secondary N) is 1. The van der Waals surface area contributed by atoms with Gasteiger partial charge in [0.1, 0.15) is 17.6 Å². The fraction of sp³-hybridized carbons (Fsp3) is 0.278. The summed E-state index contributed by atoms with van der Waals surface area (Å²) in [6.07, 6.45) is -4.36. The van der Waals surface area contributed by atoms with Crippen LogP contribution in [0, 0.1) is 0 Å². The van der Waals surface area contributed by atoms with E-state index in [4.69, 9.17) is 9.47 Å². The highest BCUT2D eigenvalue weighted by molar-refractivity contribution is 5.95. The van der Waals surface area contributed by atoms with Crippen molar-refractivity contribution in [3.63, 3.8) is 0 Å². The second-order valence-corrected chi connectivity index (χ2v) is 5.67. The molecule has 1 atom stereocenters. The lowest BCUT2D eigenvalue weighted by Crippen LogP contribution is -2.35. The fourth-order valence-corrected chi connectivity index (χ4v) is 2.77. The number of benzene rings is 2. The van der Waals surface area contributed by atoms with Crippen LogP contribution in [-0.4, -0.2) is 25.7 Å². The molecule has 0 bridgehead atoms. The Balaban J connectivity index is 1.65. The Hall–Kier alpha value is -2.70. The van der Waals surface area contributed by atoms with Crippen molar-refractivity contribution in [1.82, 2.24) is 5.32 Å². The average Bonchev–Trinajstić information content (AvgIpc) is 3.00. The molecule has 1 aliphatic heterocycles. The Bertz CT molecular complexity index is 789. The minimum absolute atomic E-state index is 0.113. The molecule has 2 aromatic carbocycles. The molecule has 0 saturated carbocycles. The Morgan fingerprint density at radius 1 is 1.28 bits per heavy atom. The average molecular weight is 351 g/mol. The molecular formula is C18H16F3NO3. The third-order valence-electron chi connectivity index (χ3n) is 3.98. The van der Waals surface area contributed by atoms with Gasteiger partial charge >= 0.3 is 6.18 Å². The highest BCUT2D eigenvalue weighted by atomic mass is 19.4. The van der Waals surface area contributed by atoms with Crippen LogP contribution in [0.5, 0.6) is 11.5 Å². The van der Waals surface area contributed by atoms with Gasteiger partial charge < -0.3 is 14.8 Å². The number of fused-ring (bicyclic) bond motifs is 1. The molecule has 0 saturated heterocycles. The van der Waals surface area contributed by atoms with Crippen molar-refractivity contribution in [2.75, 3.05) is 13.7 Å². The van der Waals surface area contributed by atoms with Crippen LogP contribution in [0.1, 0.15) is 21.5 Å². The third kappa shape index (κ3) is 3.70. The van der Waals surface area contributed by atoms with Gasteiger partial charge in [0.25, 0.3) is 5.91 Å². The zero-order valence-electron chi connectivity index (χ0n) is 13.4. The zero-order chi connectivity index (χ0) is 18.0. The van der Waals surface area contributed by atoms with Crippen LogP contribution in [0.2, 0.25) is 0 Å². The SMILES string of the molecule is COc1ccc2c(c1)CC(CNC(=O)c1ccccc1C(F)(F)F)O2. The number of carbonyl (C=O) groups is 1. The largest absolute Gasteiger partial charge is 0.497 e. The summed E-state index contributed by atoms with van der Waals surface area (Å²) in [5, 5.41) is 2.52. The number of amides is 1. The molecule has 0 spiro atoms. The number of methoxy groups -OCH3 is 1. The molecule has 1 aliphatic rings. The van der Waals surface area contributed by atoms with Crippen LogP contribution in [-0.2, 0) is 12.6 Å². The molecule has 1 unspecified atom stereocenters. The number of rotatable bonds is 4. The van der Waals surface area contributed by atoms with E-state index in [9.17, 15) is 18.0 Å². The topological polar surface area (TPSA) is 47.6 Å². The van der Waals surface area contributed by atoms with E-state index in [1.54, 1.807) is 19.2 Å². The van der Waals surface area contributed by atoms with Crippen molar-refractivity contribution >= 4 is 5.91 Å². The van der Waals surface area contributed by atoms with Gasteiger partial charge in [0.2, 0.25) is 0 Å². The molecule has 4 nitrogen and oxygen atoms in total. The number of carbonyl (C=O) groups excluding carboxylic acids is 1. The number of hydrogen-bond donors (Lipinski definition) is 1. The molecule has 3 rings (SSSR count). The first-order chi connectivity index (χ1) is 11.9. The number of ether oxygens (including phenoxy) is 2. The molecule has 0 aliphatic carbocycles. The quantitative estimate of drug-likeness (QED) is 0.918. The van der Waals surface area contributed by atoms with Crippen molar-refractivity contribution in [3.05, 3.63) is 59.2 Å². The molecule has 25 heavy (non-hydrogen) atoms. The minimum atomic E-state index is -4.58. The van der Waals surface area contributed by atoms with Crippen LogP contribution < -0.4 is 14.8 Å². The lowest BCUT2D eigenvalue weighted by atomic mass is 10.1. The van der Waals surface area contributed by atoms with Crippen molar-refractivity contribution in [1.29, 1.82) is 0 Å². The second kappa shape index (κ2) is 6.66. The van der Waals surface area contributed by atoms with Crippen LogP contribution >= 0.6 is 0 Å². The van der Waals surface area contributed by atoms with Gasteiger partial charge in [-0.2, -0.15) is 13.2 Å². The van der Waals surface area contributed by atoms with Crippen molar-refractivity contribution in [2.24, 2.45) is 0 Å². The summed E-state index contributed by atoms with van der Waals surface area (Å²) in [6, 6.07) is 10.1. The highest BCUT2D eigenvalue weighted by Crippen LogP contribution is 2.33. The van der Waals surface area contributed by atoms with Crippen LogP contribution in [0.4, 0.5) is 13.2 Å². The molecule has 0 radical (unpaired) electrons. The molecular weight excluding hydrogens is 335 g/mol. The summed E-state index contributed by atoms with van der Waals surface area (Å²) < 4.78 is 49.8. The van der Waals surface area contributed by atoms with Crippen LogP contribution in [0.25, 0.3) is 0 Å². The van der Waals surface area contributed by atoms with E-state index in [-0.39, 0.29) is 12.6 Å². The van der Waals surface area contributed by atoms with Gasteiger partial charge in [-0.05, 0) is 30.3 Å². The first-order valence-electron chi connectivity index (χ1n) is 7.66. The van der Waals surface area contributed by atoms with Gasteiger partial charge in [0.05, 0.1) is 24.8 Å². The third-order valence-corrected chi connectivity index (χ3v) is 3.98. The number of halogens is 3. The smallest absolute Gasteiger partial charge is 0.417 e. The Morgan fingerprint density at radius 2 is 2.04 bits per heavy atom. The van der Waals surface area contributed by atoms with E-state index >= 15 is 0 Å². The number of alkyl halides is 3. The normalized spacial score (nSPS) is 16.1. The number of hydrogen-bond acceptors (Lipinski definition) is 3. The lowest BCUT2D eigenvalue weighted by molar-refractivity contribution is -0.137. The van der Waals surface area contributed by atoms with Crippen LogP contribution in [0.15, 0.2) is 42.5 Å². The maximum Gasteiger partial charge on any atom is 0.417 e. The summed E-state index contributed by atoms with van der Waals surface area (Å²) in [7, 11) is 1.56.